The van der Waals surface area contributed by atoms with Gasteiger partial charge in [0, 0.05) is 42.4 Å². The van der Waals surface area contributed by atoms with Gasteiger partial charge in [0.1, 0.15) is 49.4 Å². The normalized spacial score (nSPS) is 16.5. The van der Waals surface area contributed by atoms with Crippen molar-refractivity contribution in [2.45, 2.75) is 78.4 Å². The number of amides is 5. The number of ether oxygens (including phenoxy) is 3. The molecule has 4 aromatic rings. The van der Waals surface area contributed by atoms with Crippen LogP contribution in [0.4, 0.5) is 5.69 Å². The first-order valence-electron chi connectivity index (χ1n) is 22.1. The molecule has 1 aromatic heterocycles. The van der Waals surface area contributed by atoms with Crippen LogP contribution in [0.15, 0.2) is 60.8 Å². The number of aryl methyl sites for hydroxylation is 1. The number of carbonyl (C=O) groups is 5. The van der Waals surface area contributed by atoms with Crippen LogP contribution in [0.25, 0.3) is 22.5 Å². The molecule has 0 radical (unpaired) electrons. The SMILES string of the molecule is Cc1nc(-c2ccc(OCC(C)(C)C)cc2)ncc1C(=O)NC(CCN)C(=O)Nc1cc2cc(c1OCCN)-c1cc(ccc1OCCN)C(C)C(=O)NC(C)C(=O)NC(C(=O)NCC#N)C2. The fourth-order valence-corrected chi connectivity index (χ4v) is 7.01. The molecule has 5 amide bonds. The zero-order valence-electron chi connectivity index (χ0n) is 38.8. The van der Waals surface area contributed by atoms with Gasteiger partial charge >= 0.3 is 0 Å². The van der Waals surface area contributed by atoms with Gasteiger partial charge in [-0.3, -0.25) is 24.0 Å². The zero-order chi connectivity index (χ0) is 48.8. The van der Waals surface area contributed by atoms with E-state index in [0.717, 1.165) is 0 Å². The molecule has 356 valence electrons. The predicted molar refractivity (Wildman–Crippen MR) is 252 cm³/mol. The molecule has 0 spiro atoms. The minimum atomic E-state index is -1.25. The largest absolute Gasteiger partial charge is 0.493 e. The van der Waals surface area contributed by atoms with Crippen LogP contribution >= 0.6 is 0 Å². The van der Waals surface area contributed by atoms with Crippen LogP contribution in [0, 0.1) is 23.7 Å². The van der Waals surface area contributed by atoms with Crippen LogP contribution in [-0.4, -0.2) is 104 Å². The van der Waals surface area contributed by atoms with Crippen molar-refractivity contribution in [1.82, 2.24) is 31.2 Å². The van der Waals surface area contributed by atoms with Gasteiger partial charge in [0.15, 0.2) is 11.6 Å². The lowest BCUT2D eigenvalue weighted by Gasteiger charge is -2.26. The lowest BCUT2D eigenvalue weighted by molar-refractivity contribution is -0.132. The Morgan fingerprint density at radius 3 is 2.28 bits per heavy atom. The fourth-order valence-electron chi connectivity index (χ4n) is 7.01. The van der Waals surface area contributed by atoms with Gasteiger partial charge in [-0.1, -0.05) is 26.8 Å². The van der Waals surface area contributed by atoms with Crippen molar-refractivity contribution in [1.29, 1.82) is 5.26 Å². The number of hydrogen-bond donors (Lipinski definition) is 8. The molecule has 5 rings (SSSR count). The van der Waals surface area contributed by atoms with E-state index in [0.29, 0.717) is 57.4 Å². The highest BCUT2D eigenvalue weighted by Gasteiger charge is 2.31. The van der Waals surface area contributed by atoms with E-state index in [4.69, 9.17) is 31.4 Å². The lowest BCUT2D eigenvalue weighted by atomic mass is 9.91. The molecule has 19 heteroatoms. The second kappa shape index (κ2) is 23.4. The van der Waals surface area contributed by atoms with E-state index in [-0.39, 0.29) is 74.6 Å². The maximum absolute atomic E-state index is 14.4. The minimum absolute atomic E-state index is 0.00674. The summed E-state index contributed by atoms with van der Waals surface area (Å²) < 4.78 is 18.3. The Labute approximate surface area is 390 Å². The number of carbonyl (C=O) groups excluding carboxylic acids is 5. The summed E-state index contributed by atoms with van der Waals surface area (Å²) in [6.07, 6.45) is 1.27. The standard InChI is InChI=1S/C48H61N11O8/c1-27-32-9-12-40(65-19-16-51)34(24-32)35-21-30(23-39(46(63)53-18-15-50)59-44(61)29(3)56-43(27)60)22-38(41(35)66-20-17-52)58-47(64)37(13-14-49)57-45(62)36-25-54-42(55-28(36)2)31-7-10-33(11-8-31)67-26-48(4,5)6/h7-12,21-22,24-25,27,29,37,39H,13-14,16-20,23,26,49,51-52H2,1-6H3,(H,53,63)(H,56,60)(H,57,62)(H,58,64)(H,59,61). The summed E-state index contributed by atoms with van der Waals surface area (Å²) in [4.78, 5) is 77.9. The maximum atomic E-state index is 14.4. The van der Waals surface area contributed by atoms with Gasteiger partial charge in [-0.25, -0.2) is 9.97 Å². The molecule has 4 bridgehead atoms. The molecule has 1 aliphatic heterocycles. The number of fused-ring (bicyclic) bond motifs is 5. The van der Waals surface area contributed by atoms with Crippen LogP contribution in [0.2, 0.25) is 0 Å². The Bertz CT molecular complexity index is 2470. The topological polar surface area (TPSA) is 301 Å². The number of anilines is 1. The van der Waals surface area contributed by atoms with Gasteiger partial charge in [-0.15, -0.1) is 0 Å². The number of nitrogens with one attached hydrogen (secondary N) is 5. The first kappa shape index (κ1) is 50.9. The van der Waals surface area contributed by atoms with Crippen LogP contribution in [0.3, 0.4) is 0 Å². The first-order valence-corrected chi connectivity index (χ1v) is 22.1. The van der Waals surface area contributed by atoms with Crippen molar-refractivity contribution in [3.05, 3.63) is 83.2 Å². The molecule has 2 heterocycles. The van der Waals surface area contributed by atoms with E-state index in [9.17, 15) is 29.2 Å². The van der Waals surface area contributed by atoms with Crippen molar-refractivity contribution in [3.63, 3.8) is 0 Å². The van der Waals surface area contributed by atoms with Gasteiger partial charge < -0.3 is 58.0 Å². The molecule has 19 nitrogen and oxygen atoms in total. The summed E-state index contributed by atoms with van der Waals surface area (Å²) in [5.74, 6) is -2.23. The lowest BCUT2D eigenvalue weighted by Crippen LogP contribution is -2.54. The quantitative estimate of drug-likeness (QED) is 0.0707. The highest BCUT2D eigenvalue weighted by Crippen LogP contribution is 2.44. The smallest absolute Gasteiger partial charge is 0.255 e. The number of benzene rings is 3. The van der Waals surface area contributed by atoms with Crippen molar-refractivity contribution >= 4 is 35.2 Å². The van der Waals surface area contributed by atoms with E-state index >= 15 is 0 Å². The number of nitrogens with zero attached hydrogens (tertiary/aromatic N) is 3. The van der Waals surface area contributed by atoms with Gasteiger partial charge in [-0.05, 0) is 98.8 Å². The van der Waals surface area contributed by atoms with Crippen molar-refractivity contribution < 1.29 is 38.2 Å². The third kappa shape index (κ3) is 13.7. The zero-order valence-corrected chi connectivity index (χ0v) is 38.8. The summed E-state index contributed by atoms with van der Waals surface area (Å²) >= 11 is 0. The minimum Gasteiger partial charge on any atom is -0.493 e. The second-order valence-electron chi connectivity index (χ2n) is 17.3. The number of rotatable bonds is 17. The molecular formula is C48H61N11O8. The fraction of sp³-hybridized carbons (Fsp3) is 0.417. The van der Waals surface area contributed by atoms with Crippen LogP contribution in [0.5, 0.6) is 17.2 Å². The summed E-state index contributed by atoms with van der Waals surface area (Å²) in [6, 6.07) is 14.2. The Morgan fingerprint density at radius 2 is 1.63 bits per heavy atom. The van der Waals surface area contributed by atoms with Crippen LogP contribution in [0.1, 0.15) is 74.1 Å². The van der Waals surface area contributed by atoms with E-state index < -0.39 is 53.6 Å². The maximum Gasteiger partial charge on any atom is 0.255 e. The molecule has 11 N–H and O–H groups in total. The number of aromatic nitrogens is 2. The Balaban J connectivity index is 1.56. The van der Waals surface area contributed by atoms with Gasteiger partial charge in [-0.2, -0.15) is 5.26 Å². The third-order valence-corrected chi connectivity index (χ3v) is 10.6. The number of hydrogen-bond acceptors (Lipinski definition) is 14. The molecule has 1 aliphatic rings. The average molecular weight is 920 g/mol. The molecular weight excluding hydrogens is 859 g/mol. The van der Waals surface area contributed by atoms with Crippen molar-refractivity contribution in [2.24, 2.45) is 22.6 Å². The van der Waals surface area contributed by atoms with Gasteiger partial charge in [0.25, 0.3) is 5.91 Å². The predicted octanol–water partition coefficient (Wildman–Crippen LogP) is 2.59. The van der Waals surface area contributed by atoms with E-state index in [1.807, 2.05) is 30.3 Å². The first-order chi connectivity index (χ1) is 32.0. The van der Waals surface area contributed by atoms with Crippen molar-refractivity contribution in [2.75, 3.05) is 51.3 Å². The van der Waals surface area contributed by atoms with E-state index in [1.165, 1.54) is 13.1 Å². The Kier molecular flexibility index (Phi) is 17.7. The van der Waals surface area contributed by atoms with Gasteiger partial charge in [0.2, 0.25) is 23.6 Å². The molecule has 0 aliphatic carbocycles. The molecule has 4 unspecified atom stereocenters. The van der Waals surface area contributed by atoms with E-state index in [1.54, 1.807) is 44.2 Å². The summed E-state index contributed by atoms with van der Waals surface area (Å²) in [5, 5.41) is 22.9. The average Bonchev–Trinajstić information content (AvgIpc) is 3.30. The van der Waals surface area contributed by atoms with Crippen LogP contribution < -0.4 is 58.0 Å². The van der Waals surface area contributed by atoms with Gasteiger partial charge in [0.05, 0.1) is 35.5 Å². The molecule has 0 saturated carbocycles. The Hall–Kier alpha value is -7.14. The molecule has 3 aromatic carbocycles. The molecule has 67 heavy (non-hydrogen) atoms. The number of nitrogens with two attached hydrogens (primary N) is 3. The molecule has 0 fully saturated rings. The summed E-state index contributed by atoms with van der Waals surface area (Å²) in [5.41, 5.74) is 20.9. The van der Waals surface area contributed by atoms with Crippen LogP contribution in [-0.2, 0) is 25.6 Å². The second-order valence-corrected chi connectivity index (χ2v) is 17.3. The Morgan fingerprint density at radius 1 is 0.910 bits per heavy atom. The van der Waals surface area contributed by atoms with E-state index in [2.05, 4.69) is 57.3 Å². The molecule has 4 atom stereocenters. The highest BCUT2D eigenvalue weighted by molar-refractivity contribution is 6.03. The molecule has 0 saturated heterocycles. The number of nitriles is 1. The van der Waals surface area contributed by atoms with Crippen molar-refractivity contribution in [3.8, 4) is 45.8 Å². The monoisotopic (exact) mass is 919 g/mol. The highest BCUT2D eigenvalue weighted by atomic mass is 16.5. The summed E-state index contributed by atoms with van der Waals surface area (Å²) in [7, 11) is 0. The third-order valence-electron chi connectivity index (χ3n) is 10.6. The summed E-state index contributed by atoms with van der Waals surface area (Å²) in [6.45, 7) is 11.7.